The lowest BCUT2D eigenvalue weighted by Gasteiger charge is -2.20. The van der Waals surface area contributed by atoms with Crippen LogP contribution in [0.5, 0.6) is 0 Å². The van der Waals surface area contributed by atoms with E-state index in [-0.39, 0.29) is 18.0 Å². The predicted octanol–water partition coefficient (Wildman–Crippen LogP) is 0.216. The summed E-state index contributed by atoms with van der Waals surface area (Å²) < 4.78 is 10.8. The van der Waals surface area contributed by atoms with Gasteiger partial charge in [-0.2, -0.15) is 0 Å². The van der Waals surface area contributed by atoms with Gasteiger partial charge in [-0.15, -0.1) is 0 Å². The standard InChI is InChI=1S/C12H18N4O2/c1-17-10-6-16(7-11(10)18-2)9-5-15-4-3-8(9)12(13)14/h3-5,10-11H,6-7H2,1-2H3,(H3,13,14). The van der Waals surface area contributed by atoms with E-state index in [1.165, 1.54) is 0 Å². The SMILES string of the molecule is COC1CN(c2cnccc2C(=N)N)CC1OC. The third-order valence-corrected chi connectivity index (χ3v) is 3.25. The summed E-state index contributed by atoms with van der Waals surface area (Å²) in [5, 5.41) is 7.59. The van der Waals surface area contributed by atoms with Gasteiger partial charge in [-0.1, -0.05) is 0 Å². The van der Waals surface area contributed by atoms with Crippen molar-refractivity contribution in [3.05, 3.63) is 24.0 Å². The van der Waals surface area contributed by atoms with Crippen LogP contribution in [0.4, 0.5) is 5.69 Å². The quantitative estimate of drug-likeness (QED) is 0.589. The largest absolute Gasteiger partial charge is 0.384 e. The molecule has 0 amide bonds. The van der Waals surface area contributed by atoms with E-state index >= 15 is 0 Å². The Morgan fingerprint density at radius 3 is 2.50 bits per heavy atom. The van der Waals surface area contributed by atoms with E-state index in [0.717, 1.165) is 5.69 Å². The fourth-order valence-electron chi connectivity index (χ4n) is 2.26. The van der Waals surface area contributed by atoms with Crippen molar-refractivity contribution in [3.8, 4) is 0 Å². The van der Waals surface area contributed by atoms with Crippen molar-refractivity contribution in [3.63, 3.8) is 0 Å². The van der Waals surface area contributed by atoms with Crippen LogP contribution >= 0.6 is 0 Å². The zero-order valence-corrected chi connectivity index (χ0v) is 10.6. The molecule has 1 saturated heterocycles. The lowest BCUT2D eigenvalue weighted by atomic mass is 10.2. The Morgan fingerprint density at radius 1 is 1.39 bits per heavy atom. The summed E-state index contributed by atoms with van der Waals surface area (Å²) in [4.78, 5) is 6.19. The third kappa shape index (κ3) is 2.30. The summed E-state index contributed by atoms with van der Waals surface area (Å²) >= 11 is 0. The average molecular weight is 250 g/mol. The lowest BCUT2D eigenvalue weighted by Crippen LogP contribution is -2.27. The van der Waals surface area contributed by atoms with Crippen LogP contribution in [0, 0.1) is 5.41 Å². The maximum atomic E-state index is 7.59. The molecule has 0 aliphatic carbocycles. The topological polar surface area (TPSA) is 84.5 Å². The van der Waals surface area contributed by atoms with E-state index < -0.39 is 0 Å². The zero-order chi connectivity index (χ0) is 13.1. The van der Waals surface area contributed by atoms with Crippen LogP contribution in [0.25, 0.3) is 0 Å². The fraction of sp³-hybridized carbons (Fsp3) is 0.500. The number of amidine groups is 1. The second kappa shape index (κ2) is 5.32. The molecule has 2 atom stereocenters. The number of methoxy groups -OCH3 is 2. The summed E-state index contributed by atoms with van der Waals surface area (Å²) in [6.07, 6.45) is 3.41. The number of aromatic nitrogens is 1. The molecule has 0 aromatic carbocycles. The van der Waals surface area contributed by atoms with Gasteiger partial charge >= 0.3 is 0 Å². The molecule has 2 unspecified atom stereocenters. The van der Waals surface area contributed by atoms with Gasteiger partial charge in [0, 0.05) is 39.1 Å². The van der Waals surface area contributed by atoms with Gasteiger partial charge in [-0.05, 0) is 6.07 Å². The van der Waals surface area contributed by atoms with E-state index in [9.17, 15) is 0 Å². The lowest BCUT2D eigenvalue weighted by molar-refractivity contribution is -0.00461. The molecule has 1 aromatic rings. The summed E-state index contributed by atoms with van der Waals surface area (Å²) in [6, 6.07) is 1.75. The van der Waals surface area contributed by atoms with Crippen LogP contribution < -0.4 is 10.6 Å². The van der Waals surface area contributed by atoms with E-state index in [2.05, 4.69) is 9.88 Å². The smallest absolute Gasteiger partial charge is 0.125 e. The first-order valence-corrected chi connectivity index (χ1v) is 5.76. The minimum Gasteiger partial charge on any atom is -0.384 e. The number of nitrogens with zero attached hydrogens (tertiary/aromatic N) is 2. The number of rotatable bonds is 4. The fourth-order valence-corrected chi connectivity index (χ4v) is 2.26. The Bertz CT molecular complexity index is 426. The Labute approximate surface area is 106 Å². The maximum Gasteiger partial charge on any atom is 0.125 e. The number of ether oxygens (including phenoxy) is 2. The highest BCUT2D eigenvalue weighted by Gasteiger charge is 2.34. The van der Waals surface area contributed by atoms with Crippen molar-refractivity contribution in [2.45, 2.75) is 12.2 Å². The van der Waals surface area contributed by atoms with Crippen molar-refractivity contribution in [1.82, 2.24) is 4.98 Å². The summed E-state index contributed by atoms with van der Waals surface area (Å²) in [7, 11) is 3.35. The molecule has 18 heavy (non-hydrogen) atoms. The van der Waals surface area contributed by atoms with Crippen molar-refractivity contribution in [2.24, 2.45) is 5.73 Å². The normalized spacial score (nSPS) is 23.3. The molecule has 2 heterocycles. The predicted molar refractivity (Wildman–Crippen MR) is 69.1 cm³/mol. The van der Waals surface area contributed by atoms with Crippen LogP contribution in [0.2, 0.25) is 0 Å². The molecular weight excluding hydrogens is 232 g/mol. The Hall–Kier alpha value is -1.66. The first kappa shape index (κ1) is 12.8. The molecule has 0 saturated carbocycles. The zero-order valence-electron chi connectivity index (χ0n) is 10.6. The molecule has 1 aliphatic heterocycles. The average Bonchev–Trinajstić information content (AvgIpc) is 2.81. The Morgan fingerprint density at radius 2 is 2.00 bits per heavy atom. The molecule has 2 rings (SSSR count). The second-order valence-corrected chi connectivity index (χ2v) is 4.26. The molecule has 1 aliphatic rings. The first-order chi connectivity index (χ1) is 8.67. The van der Waals surface area contributed by atoms with Crippen LogP contribution in [-0.4, -0.2) is 50.3 Å². The molecule has 0 radical (unpaired) electrons. The number of hydrogen-bond donors (Lipinski definition) is 2. The number of nitrogens with one attached hydrogen (secondary N) is 1. The Balaban J connectivity index is 2.26. The molecule has 6 nitrogen and oxygen atoms in total. The van der Waals surface area contributed by atoms with Gasteiger partial charge in [-0.25, -0.2) is 0 Å². The molecule has 3 N–H and O–H groups in total. The van der Waals surface area contributed by atoms with Crippen LogP contribution in [0.1, 0.15) is 5.56 Å². The van der Waals surface area contributed by atoms with Gasteiger partial charge in [-0.3, -0.25) is 10.4 Å². The summed E-state index contributed by atoms with van der Waals surface area (Å²) in [6.45, 7) is 1.42. The first-order valence-electron chi connectivity index (χ1n) is 5.76. The minimum atomic E-state index is 0.0232. The second-order valence-electron chi connectivity index (χ2n) is 4.26. The number of nitrogen functional groups attached to an aromatic ring is 1. The Kier molecular flexibility index (Phi) is 3.78. The third-order valence-electron chi connectivity index (χ3n) is 3.25. The van der Waals surface area contributed by atoms with Gasteiger partial charge in [0.05, 0.1) is 11.9 Å². The van der Waals surface area contributed by atoms with E-state index in [1.54, 1.807) is 32.7 Å². The monoisotopic (exact) mass is 250 g/mol. The molecule has 1 fully saturated rings. The van der Waals surface area contributed by atoms with E-state index in [0.29, 0.717) is 18.7 Å². The number of pyridine rings is 1. The van der Waals surface area contributed by atoms with Crippen molar-refractivity contribution in [1.29, 1.82) is 5.41 Å². The van der Waals surface area contributed by atoms with Gasteiger partial charge in [0.15, 0.2) is 0 Å². The van der Waals surface area contributed by atoms with Gasteiger partial charge in [0.25, 0.3) is 0 Å². The minimum absolute atomic E-state index is 0.0232. The highest BCUT2D eigenvalue weighted by molar-refractivity contribution is 6.00. The molecular formula is C12H18N4O2. The van der Waals surface area contributed by atoms with Crippen molar-refractivity contribution in [2.75, 3.05) is 32.2 Å². The van der Waals surface area contributed by atoms with Gasteiger partial charge in [0.2, 0.25) is 0 Å². The van der Waals surface area contributed by atoms with Crippen LogP contribution in [-0.2, 0) is 9.47 Å². The van der Waals surface area contributed by atoms with E-state index in [1.807, 2.05) is 0 Å². The van der Waals surface area contributed by atoms with Crippen molar-refractivity contribution < 1.29 is 9.47 Å². The highest BCUT2D eigenvalue weighted by atomic mass is 16.5. The molecule has 0 bridgehead atoms. The van der Waals surface area contributed by atoms with Crippen LogP contribution in [0.3, 0.4) is 0 Å². The summed E-state index contributed by atoms with van der Waals surface area (Å²) in [5.41, 5.74) is 7.13. The maximum absolute atomic E-state index is 7.59. The van der Waals surface area contributed by atoms with Crippen LogP contribution in [0.15, 0.2) is 18.5 Å². The van der Waals surface area contributed by atoms with Gasteiger partial charge in [0.1, 0.15) is 18.0 Å². The number of nitrogens with two attached hydrogens (primary N) is 1. The molecule has 1 aromatic heterocycles. The molecule has 0 spiro atoms. The number of anilines is 1. The summed E-state index contributed by atoms with van der Waals surface area (Å²) in [5.74, 6) is 0.0437. The highest BCUT2D eigenvalue weighted by Crippen LogP contribution is 2.25. The van der Waals surface area contributed by atoms with Crippen molar-refractivity contribution >= 4 is 11.5 Å². The van der Waals surface area contributed by atoms with E-state index in [4.69, 9.17) is 20.6 Å². The number of hydrogen-bond acceptors (Lipinski definition) is 5. The van der Waals surface area contributed by atoms with Gasteiger partial charge < -0.3 is 20.1 Å². The molecule has 6 heteroatoms. The molecule has 98 valence electrons.